The average Bonchev–Trinajstić information content (AvgIpc) is 2.71. The smallest absolute Gasteiger partial charge is 0.240 e. The lowest BCUT2D eigenvalue weighted by molar-refractivity contribution is -0.122. The van der Waals surface area contributed by atoms with Crippen LogP contribution >= 0.6 is 0 Å². The van der Waals surface area contributed by atoms with Gasteiger partial charge < -0.3 is 9.88 Å². The molecule has 0 aliphatic rings. The highest BCUT2D eigenvalue weighted by Gasteiger charge is 2.12. The number of fused-ring (bicyclic) bond motifs is 1. The molecule has 0 bridgehead atoms. The van der Waals surface area contributed by atoms with Gasteiger partial charge in [-0.2, -0.15) is 0 Å². The third kappa shape index (κ3) is 3.16. The quantitative estimate of drug-likeness (QED) is 0.898. The highest BCUT2D eigenvalue weighted by molar-refractivity contribution is 5.83. The van der Waals surface area contributed by atoms with Crippen molar-refractivity contribution in [1.82, 2.24) is 9.88 Å². The van der Waals surface area contributed by atoms with E-state index in [0.29, 0.717) is 12.5 Å². The Kier molecular flexibility index (Phi) is 3.93. The van der Waals surface area contributed by atoms with Gasteiger partial charge in [-0.15, -0.1) is 0 Å². The van der Waals surface area contributed by atoms with Gasteiger partial charge in [0.1, 0.15) is 6.54 Å². The van der Waals surface area contributed by atoms with Gasteiger partial charge in [0.25, 0.3) is 0 Å². The van der Waals surface area contributed by atoms with Crippen LogP contribution in [0.5, 0.6) is 0 Å². The van der Waals surface area contributed by atoms with Crippen LogP contribution in [0, 0.1) is 12.8 Å². The van der Waals surface area contributed by atoms with E-state index in [2.05, 4.69) is 44.3 Å². The van der Waals surface area contributed by atoms with Crippen molar-refractivity contribution in [2.45, 2.75) is 40.3 Å². The minimum Gasteiger partial charge on any atom is -0.352 e. The molecule has 0 saturated heterocycles. The van der Waals surface area contributed by atoms with E-state index in [1.807, 2.05) is 23.8 Å². The lowest BCUT2D eigenvalue weighted by Gasteiger charge is -2.17. The van der Waals surface area contributed by atoms with Crippen LogP contribution < -0.4 is 5.32 Å². The third-order valence-corrected chi connectivity index (χ3v) is 3.63. The Balaban J connectivity index is 2.13. The number of carbonyl (C=O) groups is 1. The minimum atomic E-state index is 0.0696. The van der Waals surface area contributed by atoms with Gasteiger partial charge in [-0.1, -0.05) is 26.0 Å². The number of aryl methyl sites for hydroxylation is 1. The fourth-order valence-electron chi connectivity index (χ4n) is 2.05. The normalized spacial score (nSPS) is 12.9. The second-order valence-corrected chi connectivity index (χ2v) is 5.61. The van der Waals surface area contributed by atoms with E-state index >= 15 is 0 Å². The van der Waals surface area contributed by atoms with Crippen LogP contribution in [0.25, 0.3) is 10.9 Å². The fourth-order valence-corrected chi connectivity index (χ4v) is 2.05. The van der Waals surface area contributed by atoms with Crippen LogP contribution in [0.15, 0.2) is 30.5 Å². The summed E-state index contributed by atoms with van der Waals surface area (Å²) in [4.78, 5) is 12.0. The summed E-state index contributed by atoms with van der Waals surface area (Å²) in [6, 6.07) is 8.56. The Morgan fingerprint density at radius 2 is 2.00 bits per heavy atom. The Bertz CT molecular complexity index is 583. The second kappa shape index (κ2) is 5.47. The van der Waals surface area contributed by atoms with Crippen molar-refractivity contribution in [3.8, 4) is 0 Å². The predicted octanol–water partition coefficient (Wildman–Crippen LogP) is 3.11. The molecular weight excluding hydrogens is 236 g/mol. The summed E-state index contributed by atoms with van der Waals surface area (Å²) in [5.41, 5.74) is 2.33. The summed E-state index contributed by atoms with van der Waals surface area (Å²) in [7, 11) is 0. The molecule has 3 nitrogen and oxygen atoms in total. The van der Waals surface area contributed by atoms with Gasteiger partial charge in [0.15, 0.2) is 0 Å². The van der Waals surface area contributed by atoms with Gasteiger partial charge in [0, 0.05) is 17.8 Å². The lowest BCUT2D eigenvalue weighted by Crippen LogP contribution is -2.38. The monoisotopic (exact) mass is 258 g/mol. The standard InChI is InChI=1S/C16H22N2O/c1-11(2)13(4)17-16(19)10-18-8-7-14-6-5-12(3)9-15(14)18/h5-9,11,13H,10H2,1-4H3,(H,17,19). The molecule has 1 aromatic carbocycles. The molecule has 0 aliphatic carbocycles. The van der Waals surface area contributed by atoms with E-state index in [1.165, 1.54) is 10.9 Å². The zero-order valence-corrected chi connectivity index (χ0v) is 12.1. The van der Waals surface area contributed by atoms with E-state index in [4.69, 9.17) is 0 Å². The first-order chi connectivity index (χ1) is 8.97. The van der Waals surface area contributed by atoms with Crippen LogP contribution in [0.1, 0.15) is 26.3 Å². The maximum absolute atomic E-state index is 12.0. The topological polar surface area (TPSA) is 34.0 Å². The SMILES string of the molecule is Cc1ccc2ccn(CC(=O)NC(C)C(C)C)c2c1. The minimum absolute atomic E-state index is 0.0696. The van der Waals surface area contributed by atoms with E-state index in [9.17, 15) is 4.79 Å². The first-order valence-electron chi connectivity index (χ1n) is 6.82. The number of rotatable bonds is 4. The molecule has 0 fully saturated rings. The van der Waals surface area contributed by atoms with E-state index in [-0.39, 0.29) is 11.9 Å². The molecule has 0 aliphatic heterocycles. The Morgan fingerprint density at radius 3 is 2.68 bits per heavy atom. The molecule has 19 heavy (non-hydrogen) atoms. The fraction of sp³-hybridized carbons (Fsp3) is 0.438. The Hall–Kier alpha value is -1.77. The Labute approximate surface area is 114 Å². The molecule has 2 aromatic rings. The highest BCUT2D eigenvalue weighted by Crippen LogP contribution is 2.17. The van der Waals surface area contributed by atoms with Gasteiger partial charge in [-0.25, -0.2) is 0 Å². The number of carbonyl (C=O) groups excluding carboxylic acids is 1. The van der Waals surface area contributed by atoms with E-state index < -0.39 is 0 Å². The van der Waals surface area contributed by atoms with Crippen LogP contribution in [0.3, 0.4) is 0 Å². The molecule has 1 aromatic heterocycles. The molecule has 3 heteroatoms. The molecule has 1 N–H and O–H groups in total. The first kappa shape index (κ1) is 13.7. The van der Waals surface area contributed by atoms with Crippen molar-refractivity contribution in [3.05, 3.63) is 36.0 Å². The zero-order valence-electron chi connectivity index (χ0n) is 12.1. The summed E-state index contributed by atoms with van der Waals surface area (Å²) >= 11 is 0. The summed E-state index contributed by atoms with van der Waals surface area (Å²) in [6.45, 7) is 8.71. The van der Waals surface area contributed by atoms with Crippen molar-refractivity contribution >= 4 is 16.8 Å². The molecule has 1 heterocycles. The lowest BCUT2D eigenvalue weighted by atomic mass is 10.1. The van der Waals surface area contributed by atoms with Gasteiger partial charge >= 0.3 is 0 Å². The number of hydrogen-bond donors (Lipinski definition) is 1. The van der Waals surface area contributed by atoms with Crippen molar-refractivity contribution in [1.29, 1.82) is 0 Å². The molecule has 0 radical (unpaired) electrons. The molecule has 1 atom stereocenters. The van der Waals surface area contributed by atoms with Crippen LogP contribution in [-0.4, -0.2) is 16.5 Å². The number of hydrogen-bond acceptors (Lipinski definition) is 1. The Morgan fingerprint density at radius 1 is 1.26 bits per heavy atom. The maximum atomic E-state index is 12.0. The zero-order chi connectivity index (χ0) is 14.0. The molecular formula is C16H22N2O. The summed E-state index contributed by atoms with van der Waals surface area (Å²) in [6.07, 6.45) is 1.98. The number of nitrogens with one attached hydrogen (secondary N) is 1. The first-order valence-corrected chi connectivity index (χ1v) is 6.82. The van der Waals surface area contributed by atoms with Gasteiger partial charge in [0.2, 0.25) is 5.91 Å². The number of benzene rings is 1. The number of nitrogens with zero attached hydrogens (tertiary/aromatic N) is 1. The van der Waals surface area contributed by atoms with Crippen LogP contribution in [0.4, 0.5) is 0 Å². The van der Waals surface area contributed by atoms with Gasteiger partial charge in [0.05, 0.1) is 0 Å². The van der Waals surface area contributed by atoms with Crippen molar-refractivity contribution < 1.29 is 4.79 Å². The van der Waals surface area contributed by atoms with E-state index in [0.717, 1.165) is 5.52 Å². The molecule has 1 unspecified atom stereocenters. The van der Waals surface area contributed by atoms with Crippen molar-refractivity contribution in [2.75, 3.05) is 0 Å². The average molecular weight is 258 g/mol. The van der Waals surface area contributed by atoms with Crippen molar-refractivity contribution in [3.63, 3.8) is 0 Å². The molecule has 1 amide bonds. The summed E-state index contributed by atoms with van der Waals surface area (Å²) in [5, 5.41) is 4.21. The second-order valence-electron chi connectivity index (χ2n) is 5.61. The summed E-state index contributed by atoms with van der Waals surface area (Å²) in [5.74, 6) is 0.521. The third-order valence-electron chi connectivity index (χ3n) is 3.63. The highest BCUT2D eigenvalue weighted by atomic mass is 16.2. The van der Waals surface area contributed by atoms with Gasteiger partial charge in [-0.05, 0) is 42.8 Å². The number of aromatic nitrogens is 1. The maximum Gasteiger partial charge on any atom is 0.240 e. The molecule has 2 rings (SSSR count). The predicted molar refractivity (Wildman–Crippen MR) is 79.1 cm³/mol. The molecule has 0 saturated carbocycles. The van der Waals surface area contributed by atoms with Crippen molar-refractivity contribution in [2.24, 2.45) is 5.92 Å². The van der Waals surface area contributed by atoms with Crippen LogP contribution in [0.2, 0.25) is 0 Å². The largest absolute Gasteiger partial charge is 0.352 e. The number of amides is 1. The van der Waals surface area contributed by atoms with Crippen LogP contribution in [-0.2, 0) is 11.3 Å². The molecule has 102 valence electrons. The van der Waals surface area contributed by atoms with E-state index in [1.54, 1.807) is 0 Å². The van der Waals surface area contributed by atoms with Gasteiger partial charge in [-0.3, -0.25) is 4.79 Å². The summed E-state index contributed by atoms with van der Waals surface area (Å²) < 4.78 is 2.00. The molecule has 0 spiro atoms.